The van der Waals surface area contributed by atoms with Crippen LogP contribution >= 0.6 is 11.6 Å². The molecule has 160 valence electrons. The van der Waals surface area contributed by atoms with Gasteiger partial charge in [-0.3, -0.25) is 9.78 Å². The molecule has 3 heterocycles. The van der Waals surface area contributed by atoms with Crippen molar-refractivity contribution in [2.75, 3.05) is 6.79 Å². The van der Waals surface area contributed by atoms with Crippen molar-refractivity contribution in [2.45, 2.75) is 13.0 Å². The smallest absolute Gasteiger partial charge is 0.352 e. The third kappa shape index (κ3) is 3.46. The summed E-state index contributed by atoms with van der Waals surface area (Å²) < 4.78 is 12.4. The second-order valence-electron chi connectivity index (χ2n) is 7.40. The van der Waals surface area contributed by atoms with Gasteiger partial charge in [0.05, 0.1) is 12.1 Å². The van der Waals surface area contributed by atoms with Crippen LogP contribution in [0, 0.1) is 0 Å². The zero-order valence-electron chi connectivity index (χ0n) is 16.7. The predicted octanol–water partition coefficient (Wildman–Crippen LogP) is 4.12. The highest BCUT2D eigenvalue weighted by Crippen LogP contribution is 2.37. The van der Waals surface area contributed by atoms with Crippen molar-refractivity contribution in [3.63, 3.8) is 0 Å². The maximum absolute atomic E-state index is 13.3. The van der Waals surface area contributed by atoms with Crippen molar-refractivity contribution in [2.24, 2.45) is 0 Å². The number of ether oxygens (including phenoxy) is 2. The SMILES string of the molecule is O=C(O)c1c(Cc2cccnc2)c(=O)c2ccccc2n1Cc1cc2c(cc1Cl)OCO2. The molecule has 32 heavy (non-hydrogen) atoms. The first kappa shape index (κ1) is 20.1. The van der Waals surface area contributed by atoms with E-state index in [1.807, 2.05) is 6.07 Å². The highest BCUT2D eigenvalue weighted by Gasteiger charge is 2.24. The molecule has 0 amide bonds. The Morgan fingerprint density at radius 3 is 2.66 bits per heavy atom. The summed E-state index contributed by atoms with van der Waals surface area (Å²) in [6.07, 6.45) is 3.40. The lowest BCUT2D eigenvalue weighted by Crippen LogP contribution is -2.25. The molecule has 0 atom stereocenters. The number of carboxylic acid groups (broad SMARTS) is 1. The molecule has 8 heteroatoms. The standard InChI is InChI=1S/C24H17ClN2O5/c25-18-10-21-20(31-13-32-21)9-15(18)12-27-19-6-2-1-5-16(19)23(28)17(22(27)24(29)30)8-14-4-3-7-26-11-14/h1-7,9-11H,8,12-13H2,(H,29,30). The van der Waals surface area contributed by atoms with Crippen LogP contribution in [-0.4, -0.2) is 27.4 Å². The molecule has 0 radical (unpaired) electrons. The van der Waals surface area contributed by atoms with Crippen LogP contribution in [0.5, 0.6) is 11.5 Å². The van der Waals surface area contributed by atoms with Crippen LogP contribution in [0.25, 0.3) is 10.9 Å². The van der Waals surface area contributed by atoms with Gasteiger partial charge in [0.25, 0.3) is 0 Å². The fourth-order valence-electron chi connectivity index (χ4n) is 3.98. The number of halogens is 1. The van der Waals surface area contributed by atoms with E-state index >= 15 is 0 Å². The number of benzene rings is 2. The monoisotopic (exact) mass is 448 g/mol. The Morgan fingerprint density at radius 2 is 1.91 bits per heavy atom. The Morgan fingerprint density at radius 1 is 1.12 bits per heavy atom. The number of fused-ring (bicyclic) bond motifs is 2. The minimum Gasteiger partial charge on any atom is -0.477 e. The summed E-state index contributed by atoms with van der Waals surface area (Å²) >= 11 is 6.48. The molecule has 5 rings (SSSR count). The summed E-state index contributed by atoms with van der Waals surface area (Å²) in [6, 6.07) is 13.9. The Hall–Kier alpha value is -3.84. The summed E-state index contributed by atoms with van der Waals surface area (Å²) in [4.78, 5) is 29.8. The molecule has 1 aliphatic rings. The number of hydrogen-bond acceptors (Lipinski definition) is 5. The minimum absolute atomic E-state index is 0.0775. The summed E-state index contributed by atoms with van der Waals surface area (Å²) in [6.45, 7) is 0.240. The van der Waals surface area contributed by atoms with Gasteiger partial charge < -0.3 is 19.1 Å². The van der Waals surface area contributed by atoms with Crippen molar-refractivity contribution < 1.29 is 19.4 Å². The summed E-state index contributed by atoms with van der Waals surface area (Å²) in [5, 5.41) is 11.0. The van der Waals surface area contributed by atoms with Crippen LogP contribution in [0.1, 0.15) is 27.2 Å². The van der Waals surface area contributed by atoms with Gasteiger partial charge in [-0.15, -0.1) is 0 Å². The Kier molecular flexibility index (Phi) is 5.03. The molecule has 1 N–H and O–H groups in total. The normalized spacial score (nSPS) is 12.3. The molecule has 2 aromatic heterocycles. The molecule has 0 bridgehead atoms. The lowest BCUT2D eigenvalue weighted by Gasteiger charge is -2.19. The van der Waals surface area contributed by atoms with Gasteiger partial charge in [-0.1, -0.05) is 29.8 Å². The molecule has 0 fully saturated rings. The minimum atomic E-state index is -1.19. The first-order valence-corrected chi connectivity index (χ1v) is 10.3. The average Bonchev–Trinajstić information content (AvgIpc) is 3.24. The zero-order chi connectivity index (χ0) is 22.2. The number of carboxylic acids is 1. The van der Waals surface area contributed by atoms with Gasteiger partial charge in [-0.05, 0) is 35.4 Å². The molecular formula is C24H17ClN2O5. The molecule has 0 saturated heterocycles. The number of para-hydroxylation sites is 1. The van der Waals surface area contributed by atoms with E-state index < -0.39 is 5.97 Å². The van der Waals surface area contributed by atoms with Crippen LogP contribution in [0.4, 0.5) is 0 Å². The van der Waals surface area contributed by atoms with E-state index in [-0.39, 0.29) is 36.4 Å². The van der Waals surface area contributed by atoms with Crippen molar-refractivity contribution in [3.05, 3.63) is 98.6 Å². The summed E-state index contributed by atoms with van der Waals surface area (Å²) in [5.41, 5.74) is 1.72. The molecule has 0 aliphatic carbocycles. The number of aromatic nitrogens is 2. The predicted molar refractivity (Wildman–Crippen MR) is 119 cm³/mol. The van der Waals surface area contributed by atoms with Crippen molar-refractivity contribution in [1.82, 2.24) is 9.55 Å². The fourth-order valence-corrected chi connectivity index (χ4v) is 4.20. The van der Waals surface area contributed by atoms with E-state index in [0.717, 1.165) is 5.56 Å². The highest BCUT2D eigenvalue weighted by atomic mass is 35.5. The van der Waals surface area contributed by atoms with Gasteiger partial charge in [0.1, 0.15) is 5.69 Å². The van der Waals surface area contributed by atoms with E-state index in [4.69, 9.17) is 21.1 Å². The molecule has 1 aliphatic heterocycles. The molecule has 2 aromatic carbocycles. The quantitative estimate of drug-likeness (QED) is 0.494. The number of pyridine rings is 2. The number of carbonyl (C=O) groups is 1. The van der Waals surface area contributed by atoms with Crippen molar-refractivity contribution in [3.8, 4) is 11.5 Å². The van der Waals surface area contributed by atoms with Crippen LogP contribution in [0.15, 0.2) is 65.7 Å². The number of nitrogens with zero attached hydrogens (tertiary/aromatic N) is 2. The van der Waals surface area contributed by atoms with E-state index in [1.165, 1.54) is 0 Å². The largest absolute Gasteiger partial charge is 0.477 e. The number of aromatic carboxylic acids is 1. The number of hydrogen-bond donors (Lipinski definition) is 1. The van der Waals surface area contributed by atoms with Crippen molar-refractivity contribution >= 4 is 28.5 Å². The maximum Gasteiger partial charge on any atom is 0.352 e. The third-order valence-electron chi connectivity index (χ3n) is 5.45. The van der Waals surface area contributed by atoms with Gasteiger partial charge >= 0.3 is 5.97 Å². The second kappa shape index (κ2) is 8.01. The highest BCUT2D eigenvalue weighted by molar-refractivity contribution is 6.31. The topological polar surface area (TPSA) is 90.7 Å². The van der Waals surface area contributed by atoms with Gasteiger partial charge in [0.2, 0.25) is 6.79 Å². The summed E-state index contributed by atoms with van der Waals surface area (Å²) in [7, 11) is 0. The van der Waals surface area contributed by atoms with Gasteiger partial charge in [0, 0.05) is 40.9 Å². The Balaban J connectivity index is 1.74. The van der Waals surface area contributed by atoms with E-state index in [1.54, 1.807) is 59.4 Å². The second-order valence-corrected chi connectivity index (χ2v) is 7.81. The number of rotatable bonds is 5. The summed E-state index contributed by atoms with van der Waals surface area (Å²) in [5.74, 6) is -0.106. The van der Waals surface area contributed by atoms with Crippen molar-refractivity contribution in [1.29, 1.82) is 0 Å². The van der Waals surface area contributed by atoms with Crippen LogP contribution in [0.3, 0.4) is 0 Å². The molecule has 0 unspecified atom stereocenters. The molecule has 0 spiro atoms. The Labute approximate surface area is 187 Å². The van der Waals surface area contributed by atoms with E-state index in [0.29, 0.717) is 33.0 Å². The average molecular weight is 449 g/mol. The first-order chi connectivity index (χ1) is 15.5. The lowest BCUT2D eigenvalue weighted by molar-refractivity contribution is 0.0684. The molecule has 0 saturated carbocycles. The van der Waals surface area contributed by atoms with Gasteiger partial charge in [0.15, 0.2) is 16.9 Å². The first-order valence-electron chi connectivity index (χ1n) is 9.87. The van der Waals surface area contributed by atoms with Gasteiger partial charge in [-0.2, -0.15) is 0 Å². The zero-order valence-corrected chi connectivity index (χ0v) is 17.5. The van der Waals surface area contributed by atoms with Crippen LogP contribution in [-0.2, 0) is 13.0 Å². The third-order valence-corrected chi connectivity index (χ3v) is 5.80. The van der Waals surface area contributed by atoms with Crippen LogP contribution in [0.2, 0.25) is 5.02 Å². The molecule has 7 nitrogen and oxygen atoms in total. The maximum atomic E-state index is 13.3. The molecule has 4 aromatic rings. The lowest BCUT2D eigenvalue weighted by atomic mass is 10.00. The molecular weight excluding hydrogens is 432 g/mol. The van der Waals surface area contributed by atoms with E-state index in [2.05, 4.69) is 4.98 Å². The fraction of sp³-hybridized carbons (Fsp3) is 0.125. The van der Waals surface area contributed by atoms with Gasteiger partial charge in [-0.25, -0.2) is 4.79 Å². The van der Waals surface area contributed by atoms with E-state index in [9.17, 15) is 14.7 Å². The Bertz CT molecular complexity index is 1420. The van der Waals surface area contributed by atoms with Crippen LogP contribution < -0.4 is 14.9 Å².